The molecule has 0 unspecified atom stereocenters. The molecular formula is C23H17N3O6S2. The quantitative estimate of drug-likeness (QED) is 0.146. The molecule has 3 aromatic carbocycles. The third-order valence-electron chi connectivity index (χ3n) is 4.54. The lowest BCUT2D eigenvalue weighted by molar-refractivity contribution is 0.381. The maximum Gasteiger partial charge on any atom is 0.394 e. The average Bonchev–Trinajstić information content (AvgIpc) is 3.23. The number of fused-ring (bicyclic) bond motifs is 3. The van der Waals surface area contributed by atoms with E-state index in [9.17, 15) is 4.79 Å². The normalized spacial score (nSPS) is 11.5. The first-order valence-electron chi connectivity index (χ1n) is 9.75. The molecule has 0 atom stereocenters. The van der Waals surface area contributed by atoms with Crippen LogP contribution in [0.3, 0.4) is 0 Å². The van der Waals surface area contributed by atoms with Gasteiger partial charge >= 0.3 is 16.0 Å². The van der Waals surface area contributed by atoms with E-state index in [0.29, 0.717) is 21.7 Å². The second-order valence-electron chi connectivity index (χ2n) is 6.90. The van der Waals surface area contributed by atoms with Crippen LogP contribution in [0.2, 0.25) is 0 Å². The second kappa shape index (κ2) is 9.93. The lowest BCUT2D eigenvalue weighted by Crippen LogP contribution is -1.97. The number of nitrogens with zero attached hydrogens (tertiary/aromatic N) is 2. The molecule has 2 heterocycles. The minimum Gasteiger partial charge on any atom is -0.422 e. The number of azo groups is 1. The molecule has 9 nitrogen and oxygen atoms in total. The lowest BCUT2D eigenvalue weighted by atomic mass is 10.1. The molecule has 5 rings (SSSR count). The van der Waals surface area contributed by atoms with Gasteiger partial charge in [0.25, 0.3) is 0 Å². The van der Waals surface area contributed by atoms with Crippen molar-refractivity contribution < 1.29 is 21.9 Å². The predicted octanol–water partition coefficient (Wildman–Crippen LogP) is 6.51. The van der Waals surface area contributed by atoms with E-state index in [1.165, 1.54) is 11.3 Å². The summed E-state index contributed by atoms with van der Waals surface area (Å²) in [4.78, 5) is 12.4. The fourth-order valence-corrected chi connectivity index (χ4v) is 4.02. The Morgan fingerprint density at radius 1 is 0.794 bits per heavy atom. The van der Waals surface area contributed by atoms with Crippen LogP contribution in [-0.4, -0.2) is 17.5 Å². The third kappa shape index (κ3) is 5.91. The molecule has 0 saturated carbocycles. The van der Waals surface area contributed by atoms with Gasteiger partial charge in [0.1, 0.15) is 11.0 Å². The summed E-state index contributed by atoms with van der Waals surface area (Å²) in [7, 11) is -4.67. The highest BCUT2D eigenvalue weighted by atomic mass is 32.3. The van der Waals surface area contributed by atoms with E-state index in [2.05, 4.69) is 15.5 Å². The van der Waals surface area contributed by atoms with Crippen molar-refractivity contribution in [2.24, 2.45) is 10.2 Å². The van der Waals surface area contributed by atoms with E-state index in [-0.39, 0.29) is 0 Å². The third-order valence-corrected chi connectivity index (χ3v) is 5.40. The predicted molar refractivity (Wildman–Crippen MR) is 132 cm³/mol. The summed E-state index contributed by atoms with van der Waals surface area (Å²) >= 11 is 1.38. The Labute approximate surface area is 197 Å². The van der Waals surface area contributed by atoms with Crippen LogP contribution < -0.4 is 10.9 Å². The summed E-state index contributed by atoms with van der Waals surface area (Å²) in [5, 5.41) is 16.6. The lowest BCUT2D eigenvalue weighted by Gasteiger charge is -2.05. The van der Waals surface area contributed by atoms with Crippen LogP contribution >= 0.6 is 11.3 Å². The van der Waals surface area contributed by atoms with Gasteiger partial charge in [-0.05, 0) is 42.5 Å². The first-order chi connectivity index (χ1) is 16.3. The molecule has 0 aliphatic rings. The van der Waals surface area contributed by atoms with Crippen molar-refractivity contribution in [3.05, 3.63) is 94.7 Å². The van der Waals surface area contributed by atoms with E-state index in [4.69, 9.17) is 21.9 Å². The number of thiophene rings is 1. The number of nitrogens with one attached hydrogen (secondary N) is 1. The molecule has 5 aromatic rings. The maximum absolute atomic E-state index is 12.4. The standard InChI is InChI=1S/C23H15N3O2S.H2O4S/c27-23-21-19(18-8-4-5-9-20(18)28-23)14-29-22(21)26-25-17-12-10-16(11-13-17)24-15-6-2-1-3-7-15;1-5(2,3)4/h1-14,24H;(H2,1,2,3,4). The Kier molecular flexibility index (Phi) is 6.80. The summed E-state index contributed by atoms with van der Waals surface area (Å²) in [6.07, 6.45) is 0. The number of benzene rings is 3. The summed E-state index contributed by atoms with van der Waals surface area (Å²) in [6, 6.07) is 25.1. The number of para-hydroxylation sites is 2. The van der Waals surface area contributed by atoms with Crippen LogP contribution in [0.5, 0.6) is 0 Å². The van der Waals surface area contributed by atoms with E-state index >= 15 is 0 Å². The first kappa shape index (κ1) is 23.3. The van der Waals surface area contributed by atoms with Crippen LogP contribution in [-0.2, 0) is 10.4 Å². The number of anilines is 2. The Morgan fingerprint density at radius 2 is 1.41 bits per heavy atom. The van der Waals surface area contributed by atoms with Crippen LogP contribution in [0.25, 0.3) is 21.7 Å². The van der Waals surface area contributed by atoms with Crippen molar-refractivity contribution in [3.63, 3.8) is 0 Å². The smallest absolute Gasteiger partial charge is 0.394 e. The van der Waals surface area contributed by atoms with Gasteiger partial charge in [-0.3, -0.25) is 9.11 Å². The number of hydrogen-bond acceptors (Lipinski definition) is 8. The fourth-order valence-electron chi connectivity index (χ4n) is 3.15. The van der Waals surface area contributed by atoms with Gasteiger partial charge in [-0.15, -0.1) is 21.6 Å². The first-order valence-corrected chi connectivity index (χ1v) is 12.0. The molecule has 0 aliphatic carbocycles. The molecule has 0 spiro atoms. The van der Waals surface area contributed by atoms with Crippen molar-refractivity contribution in [2.45, 2.75) is 0 Å². The summed E-state index contributed by atoms with van der Waals surface area (Å²) in [6.45, 7) is 0. The summed E-state index contributed by atoms with van der Waals surface area (Å²) in [5.41, 5.74) is 2.87. The molecule has 3 N–H and O–H groups in total. The average molecular weight is 496 g/mol. The molecule has 34 heavy (non-hydrogen) atoms. The number of rotatable bonds is 4. The van der Waals surface area contributed by atoms with Gasteiger partial charge in [0, 0.05) is 27.5 Å². The Balaban J connectivity index is 0.000000499. The van der Waals surface area contributed by atoms with Gasteiger partial charge in [-0.2, -0.15) is 8.42 Å². The summed E-state index contributed by atoms with van der Waals surface area (Å²) in [5.74, 6) is 0. The molecule has 0 aliphatic heterocycles. The highest BCUT2D eigenvalue weighted by Crippen LogP contribution is 2.36. The SMILES string of the molecule is O=S(=O)(O)O.O=c1oc2ccccc2c2csc(N=Nc3ccc(Nc4ccccc4)cc3)c12. The minimum atomic E-state index is -4.67. The van der Waals surface area contributed by atoms with Crippen LogP contribution in [0.15, 0.2) is 104 Å². The number of hydrogen-bond donors (Lipinski definition) is 3. The molecular weight excluding hydrogens is 478 g/mol. The molecule has 11 heteroatoms. The van der Waals surface area contributed by atoms with Crippen LogP contribution in [0.1, 0.15) is 0 Å². The van der Waals surface area contributed by atoms with Gasteiger partial charge < -0.3 is 9.73 Å². The maximum atomic E-state index is 12.4. The zero-order valence-electron chi connectivity index (χ0n) is 17.3. The van der Waals surface area contributed by atoms with Gasteiger partial charge in [-0.1, -0.05) is 36.4 Å². The van der Waals surface area contributed by atoms with Gasteiger partial charge in [0.2, 0.25) is 0 Å². The highest BCUT2D eigenvalue weighted by molar-refractivity contribution is 7.79. The van der Waals surface area contributed by atoms with Gasteiger partial charge in [-0.25, -0.2) is 4.79 Å². The zero-order valence-corrected chi connectivity index (χ0v) is 19.0. The van der Waals surface area contributed by atoms with Gasteiger partial charge in [0.15, 0.2) is 5.00 Å². The van der Waals surface area contributed by atoms with Crippen molar-refractivity contribution >= 4 is 65.5 Å². The molecule has 2 aromatic heterocycles. The Morgan fingerprint density at radius 3 is 2.12 bits per heavy atom. The molecule has 0 amide bonds. The largest absolute Gasteiger partial charge is 0.422 e. The zero-order chi connectivity index (χ0) is 24.1. The molecule has 0 saturated heterocycles. The van der Waals surface area contributed by atoms with Gasteiger partial charge in [0.05, 0.1) is 5.69 Å². The monoisotopic (exact) mass is 495 g/mol. The summed E-state index contributed by atoms with van der Waals surface area (Å²) < 4.78 is 37.0. The fraction of sp³-hybridized carbons (Fsp3) is 0. The Bertz CT molecular complexity index is 1620. The van der Waals surface area contributed by atoms with Crippen molar-refractivity contribution in [1.82, 2.24) is 0 Å². The second-order valence-corrected chi connectivity index (χ2v) is 8.65. The minimum absolute atomic E-state index is 0.392. The van der Waals surface area contributed by atoms with Crippen molar-refractivity contribution in [2.75, 3.05) is 5.32 Å². The molecule has 0 radical (unpaired) electrons. The van der Waals surface area contributed by atoms with E-state index in [0.717, 1.165) is 22.1 Å². The van der Waals surface area contributed by atoms with Crippen molar-refractivity contribution in [3.8, 4) is 0 Å². The topological polar surface area (TPSA) is 142 Å². The van der Waals surface area contributed by atoms with Crippen LogP contribution in [0, 0.1) is 0 Å². The van der Waals surface area contributed by atoms with E-state index in [1.807, 2.05) is 78.2 Å². The van der Waals surface area contributed by atoms with Crippen molar-refractivity contribution in [1.29, 1.82) is 0 Å². The molecule has 172 valence electrons. The molecule has 0 fully saturated rings. The van der Waals surface area contributed by atoms with E-state index < -0.39 is 16.0 Å². The molecule has 0 bridgehead atoms. The van der Waals surface area contributed by atoms with Crippen LogP contribution in [0.4, 0.5) is 22.1 Å². The Hall–Kier alpha value is -3.90. The van der Waals surface area contributed by atoms with E-state index in [1.54, 1.807) is 6.07 Å². The highest BCUT2D eigenvalue weighted by Gasteiger charge is 2.13.